The molecular formula is C16H22N2O3S2. The van der Waals surface area contributed by atoms with Crippen LogP contribution in [-0.4, -0.2) is 48.2 Å². The molecule has 1 N–H and O–H groups in total. The van der Waals surface area contributed by atoms with Crippen LogP contribution in [0.15, 0.2) is 18.2 Å². The molecule has 0 bridgehead atoms. The van der Waals surface area contributed by atoms with Crippen molar-refractivity contribution in [1.82, 2.24) is 4.90 Å². The molecule has 23 heavy (non-hydrogen) atoms. The zero-order valence-corrected chi connectivity index (χ0v) is 15.1. The average molecular weight is 354 g/mol. The topological polar surface area (TPSA) is 50.8 Å². The van der Waals surface area contributed by atoms with E-state index in [-0.39, 0.29) is 5.91 Å². The van der Waals surface area contributed by atoms with Crippen LogP contribution in [0, 0.1) is 0 Å². The summed E-state index contributed by atoms with van der Waals surface area (Å²) in [6.45, 7) is 2.01. The maximum absolute atomic E-state index is 12.1. The first kappa shape index (κ1) is 17.9. The second-order valence-electron chi connectivity index (χ2n) is 5.22. The van der Waals surface area contributed by atoms with E-state index in [0.717, 1.165) is 17.4 Å². The molecule has 0 spiro atoms. The van der Waals surface area contributed by atoms with Gasteiger partial charge in [-0.2, -0.15) is 0 Å². The lowest BCUT2D eigenvalue weighted by atomic mass is 10.1. The van der Waals surface area contributed by atoms with E-state index in [1.54, 1.807) is 32.4 Å². The molecule has 2 rings (SSSR count). The van der Waals surface area contributed by atoms with Crippen LogP contribution in [0.5, 0.6) is 11.5 Å². The van der Waals surface area contributed by atoms with Crippen LogP contribution in [0.1, 0.15) is 19.3 Å². The van der Waals surface area contributed by atoms with Crippen LogP contribution < -0.4 is 14.8 Å². The largest absolute Gasteiger partial charge is 0.493 e. The minimum absolute atomic E-state index is 0.0819. The van der Waals surface area contributed by atoms with E-state index >= 15 is 0 Å². The summed E-state index contributed by atoms with van der Waals surface area (Å²) in [4.78, 5) is 14.3. The molecule has 0 unspecified atom stereocenters. The van der Waals surface area contributed by atoms with E-state index in [9.17, 15) is 4.79 Å². The first-order valence-corrected chi connectivity index (χ1v) is 8.97. The Balaban J connectivity index is 1.83. The Bertz CT molecular complexity index is 560. The zero-order chi connectivity index (χ0) is 16.7. The fourth-order valence-electron chi connectivity index (χ4n) is 2.41. The van der Waals surface area contributed by atoms with Gasteiger partial charge in [-0.3, -0.25) is 4.79 Å². The van der Waals surface area contributed by atoms with Gasteiger partial charge in [-0.15, -0.1) is 0 Å². The first-order chi connectivity index (χ1) is 11.1. The quantitative estimate of drug-likeness (QED) is 0.820. The van der Waals surface area contributed by atoms with Crippen molar-refractivity contribution in [2.75, 3.05) is 38.4 Å². The molecule has 1 aliphatic heterocycles. The Hall–Kier alpha value is -1.47. The smallest absolute Gasteiger partial charge is 0.234 e. The third kappa shape index (κ3) is 5.28. The normalized spacial score (nSPS) is 14.3. The number of benzene rings is 1. The summed E-state index contributed by atoms with van der Waals surface area (Å²) >= 11 is 6.82. The predicted octanol–water partition coefficient (Wildman–Crippen LogP) is 3.15. The molecule has 0 radical (unpaired) electrons. The number of likely N-dealkylation sites (tertiary alicyclic amines) is 1. The Morgan fingerprint density at radius 1 is 1.22 bits per heavy atom. The number of carbonyl (C=O) groups is 1. The SMILES string of the molecule is COc1ccc(NC(=O)CSC(=S)N2CCCCC2)cc1OC. The van der Waals surface area contributed by atoms with Crippen molar-refractivity contribution < 1.29 is 14.3 Å². The lowest BCUT2D eigenvalue weighted by molar-refractivity contribution is -0.113. The van der Waals surface area contributed by atoms with Crippen LogP contribution in [-0.2, 0) is 4.79 Å². The van der Waals surface area contributed by atoms with E-state index in [0.29, 0.717) is 22.9 Å². The molecule has 0 aromatic heterocycles. The van der Waals surface area contributed by atoms with Gasteiger partial charge in [0.05, 0.1) is 20.0 Å². The van der Waals surface area contributed by atoms with Crippen LogP contribution >= 0.6 is 24.0 Å². The van der Waals surface area contributed by atoms with Gasteiger partial charge in [0.1, 0.15) is 4.32 Å². The fourth-order valence-corrected chi connectivity index (χ4v) is 3.46. The second-order valence-corrected chi connectivity index (χ2v) is 6.83. The summed E-state index contributed by atoms with van der Waals surface area (Å²) in [7, 11) is 3.14. The van der Waals surface area contributed by atoms with E-state index in [2.05, 4.69) is 10.2 Å². The molecule has 1 saturated heterocycles. The molecule has 0 atom stereocenters. The number of anilines is 1. The summed E-state index contributed by atoms with van der Waals surface area (Å²) in [5.41, 5.74) is 0.678. The molecule has 7 heteroatoms. The number of ether oxygens (including phenoxy) is 2. The van der Waals surface area contributed by atoms with Crippen molar-refractivity contribution in [1.29, 1.82) is 0 Å². The monoisotopic (exact) mass is 354 g/mol. The zero-order valence-electron chi connectivity index (χ0n) is 13.5. The lowest BCUT2D eigenvalue weighted by Crippen LogP contribution is -2.33. The number of amides is 1. The van der Waals surface area contributed by atoms with Crippen LogP contribution in [0.2, 0.25) is 0 Å². The van der Waals surface area contributed by atoms with Gasteiger partial charge in [0.15, 0.2) is 11.5 Å². The number of thioether (sulfide) groups is 1. The Morgan fingerprint density at radius 3 is 2.57 bits per heavy atom. The number of thiocarbonyl (C=S) groups is 1. The molecule has 0 aliphatic carbocycles. The number of hydrogen-bond acceptors (Lipinski definition) is 5. The standard InChI is InChI=1S/C16H22N2O3S2/c1-20-13-7-6-12(10-14(13)21-2)17-15(19)11-23-16(22)18-8-4-3-5-9-18/h6-7,10H,3-5,8-9,11H2,1-2H3,(H,17,19). The van der Waals surface area contributed by atoms with Crippen LogP contribution in [0.3, 0.4) is 0 Å². The van der Waals surface area contributed by atoms with Gasteiger partial charge in [-0.25, -0.2) is 0 Å². The molecular weight excluding hydrogens is 332 g/mol. The number of nitrogens with zero attached hydrogens (tertiary/aromatic N) is 1. The Morgan fingerprint density at radius 2 is 1.91 bits per heavy atom. The highest BCUT2D eigenvalue weighted by Crippen LogP contribution is 2.29. The van der Waals surface area contributed by atoms with Crippen molar-refractivity contribution in [2.24, 2.45) is 0 Å². The van der Waals surface area contributed by atoms with Gasteiger partial charge in [-0.1, -0.05) is 24.0 Å². The maximum atomic E-state index is 12.1. The third-order valence-corrected chi connectivity index (χ3v) is 5.13. The first-order valence-electron chi connectivity index (χ1n) is 7.57. The van der Waals surface area contributed by atoms with Crippen molar-refractivity contribution >= 4 is 39.9 Å². The summed E-state index contributed by atoms with van der Waals surface area (Å²) in [5.74, 6) is 1.44. The van der Waals surface area contributed by atoms with E-state index in [4.69, 9.17) is 21.7 Å². The highest BCUT2D eigenvalue weighted by Gasteiger charge is 2.15. The molecule has 126 valence electrons. The number of methoxy groups -OCH3 is 2. The molecule has 1 aliphatic rings. The summed E-state index contributed by atoms with van der Waals surface area (Å²) < 4.78 is 11.2. The molecule has 0 saturated carbocycles. The van der Waals surface area contributed by atoms with Crippen LogP contribution in [0.4, 0.5) is 5.69 Å². The van der Waals surface area contributed by atoms with Crippen molar-refractivity contribution in [3.63, 3.8) is 0 Å². The van der Waals surface area contributed by atoms with Crippen LogP contribution in [0.25, 0.3) is 0 Å². The highest BCUT2D eigenvalue weighted by molar-refractivity contribution is 8.23. The molecule has 1 aromatic rings. The second kappa shape index (κ2) is 8.98. The van der Waals surface area contributed by atoms with Crippen molar-refractivity contribution in [3.05, 3.63) is 18.2 Å². The number of nitrogens with one attached hydrogen (secondary N) is 1. The molecule has 5 nitrogen and oxygen atoms in total. The summed E-state index contributed by atoms with van der Waals surface area (Å²) in [5, 5.41) is 2.85. The van der Waals surface area contributed by atoms with E-state index in [1.165, 1.54) is 31.0 Å². The van der Waals surface area contributed by atoms with Gasteiger partial charge >= 0.3 is 0 Å². The number of piperidine rings is 1. The highest BCUT2D eigenvalue weighted by atomic mass is 32.2. The molecule has 1 amide bonds. The van der Waals surface area contributed by atoms with Gasteiger partial charge in [-0.05, 0) is 31.4 Å². The summed E-state index contributed by atoms with van der Waals surface area (Å²) in [6.07, 6.45) is 3.63. The van der Waals surface area contributed by atoms with Crippen molar-refractivity contribution in [2.45, 2.75) is 19.3 Å². The predicted molar refractivity (Wildman–Crippen MR) is 98.7 cm³/mol. The van der Waals surface area contributed by atoms with Gasteiger partial charge in [0.25, 0.3) is 0 Å². The maximum Gasteiger partial charge on any atom is 0.234 e. The molecule has 1 fully saturated rings. The van der Waals surface area contributed by atoms with Crippen molar-refractivity contribution in [3.8, 4) is 11.5 Å². The van der Waals surface area contributed by atoms with E-state index in [1.807, 2.05) is 0 Å². The van der Waals surface area contributed by atoms with Gasteiger partial charge in [0, 0.05) is 24.8 Å². The minimum Gasteiger partial charge on any atom is -0.493 e. The summed E-state index contributed by atoms with van der Waals surface area (Å²) in [6, 6.07) is 5.29. The van der Waals surface area contributed by atoms with E-state index < -0.39 is 0 Å². The van der Waals surface area contributed by atoms with Gasteiger partial charge < -0.3 is 19.7 Å². The fraction of sp³-hybridized carbons (Fsp3) is 0.500. The lowest BCUT2D eigenvalue weighted by Gasteiger charge is -2.28. The minimum atomic E-state index is -0.0819. The number of rotatable bonds is 5. The Kier molecular flexibility index (Phi) is 6.98. The third-order valence-electron chi connectivity index (χ3n) is 3.61. The Labute approximate surface area is 146 Å². The average Bonchev–Trinajstić information content (AvgIpc) is 2.60. The number of carbonyl (C=O) groups excluding carboxylic acids is 1. The molecule has 1 aromatic carbocycles. The van der Waals surface area contributed by atoms with Gasteiger partial charge in [0.2, 0.25) is 5.91 Å². The number of hydrogen-bond donors (Lipinski definition) is 1. The molecule has 1 heterocycles.